The minimum atomic E-state index is -1.25. The summed E-state index contributed by atoms with van der Waals surface area (Å²) in [5.74, 6) is -2.18. The first-order valence-electron chi connectivity index (χ1n) is 10.5. The molecule has 3 rings (SSSR count). The zero-order chi connectivity index (χ0) is 26.4. The van der Waals surface area contributed by atoms with E-state index in [0.29, 0.717) is 30.0 Å². The first-order valence-corrected chi connectivity index (χ1v) is 13.0. The highest BCUT2D eigenvalue weighted by Gasteiger charge is 2.54. The van der Waals surface area contributed by atoms with E-state index in [9.17, 15) is 19.5 Å². The third-order valence-electron chi connectivity index (χ3n) is 5.26. The van der Waals surface area contributed by atoms with Crippen LogP contribution in [0.1, 0.15) is 18.4 Å². The Balaban J connectivity index is 1.79. The molecule has 0 aliphatic carbocycles. The number of nitrogens with zero attached hydrogens (tertiary/aromatic N) is 4. The maximum absolute atomic E-state index is 12.9. The van der Waals surface area contributed by atoms with Gasteiger partial charge in [-0.15, -0.1) is 0 Å². The van der Waals surface area contributed by atoms with Crippen LogP contribution in [0.25, 0.3) is 0 Å². The van der Waals surface area contributed by atoms with Crippen molar-refractivity contribution in [3.8, 4) is 0 Å². The number of β-lactam (4-membered cyclic amide) rings is 1. The van der Waals surface area contributed by atoms with Crippen molar-refractivity contribution in [2.24, 2.45) is 21.6 Å². The molecule has 0 radical (unpaired) electrons. The number of carbonyl (C=O) groups excluding carboxylic acids is 2. The van der Waals surface area contributed by atoms with Crippen LogP contribution < -0.4 is 16.8 Å². The van der Waals surface area contributed by atoms with Gasteiger partial charge in [0.15, 0.2) is 5.84 Å². The fourth-order valence-electron chi connectivity index (χ4n) is 3.73. The van der Waals surface area contributed by atoms with Gasteiger partial charge in [0.25, 0.3) is 11.8 Å². The number of aliphatic imine (C=N–C) groups is 1. The molecule has 13 nitrogen and oxygen atoms in total. The van der Waals surface area contributed by atoms with Gasteiger partial charge in [0.2, 0.25) is 5.71 Å². The summed E-state index contributed by atoms with van der Waals surface area (Å²) in [5, 5.41) is 31.7. The lowest BCUT2D eigenvalue weighted by Gasteiger charge is -2.50. The summed E-state index contributed by atoms with van der Waals surface area (Å²) < 4.78 is 0. The van der Waals surface area contributed by atoms with Gasteiger partial charge in [0.05, 0.1) is 6.04 Å². The number of oxime groups is 1. The topological polar surface area (TPSA) is 220 Å². The standard InChI is InChI=1S/C20H24N8O5S3/c21-4-6-35-8-9-7-24-5-3-11(9)36-12-2-1-10-13(18(30)28(10)15(12)19(31)32)25-17(29)14(27-33)16(22)26-20(23)34/h3,5,7,10,13,33H,1-2,4,6,8,21H2,(H,25,29)(H,31,32)(H4,22,23,26,34)/p+1/b27-14-/t10-,13+/m1/s1. The number of fused-ring (bicyclic) bond motifs is 1. The van der Waals surface area contributed by atoms with Gasteiger partial charge < -0.3 is 27.1 Å². The Hall–Kier alpha value is -3.08. The molecular weight excluding hydrogens is 528 g/mol. The van der Waals surface area contributed by atoms with Gasteiger partial charge in [0.1, 0.15) is 11.7 Å². The van der Waals surface area contributed by atoms with E-state index in [4.69, 9.17) is 22.1 Å². The number of aliphatic carboxylic acids is 1. The SMILES string of the molecule is N=C(N=C(N)[SH2+])/C(=N/O)C(=O)N[C@@H]1C(=O)N2C(C(=O)O)=C(Sc3ccncc3CSCCN)CC[C@H]12. The molecule has 2 aliphatic rings. The fraction of sp³-hybridized carbons (Fsp3) is 0.350. The molecular formula is C20H25N8O5S3+. The van der Waals surface area contributed by atoms with Crippen molar-refractivity contribution in [3.63, 3.8) is 0 Å². The van der Waals surface area contributed by atoms with Crippen molar-refractivity contribution >= 4 is 70.7 Å². The van der Waals surface area contributed by atoms with E-state index < -0.39 is 41.4 Å². The molecule has 0 bridgehead atoms. The van der Waals surface area contributed by atoms with E-state index in [0.717, 1.165) is 16.2 Å². The normalized spacial score (nSPS) is 20.1. The third kappa shape index (κ3) is 6.00. The smallest absolute Gasteiger partial charge is 0.353 e. The summed E-state index contributed by atoms with van der Waals surface area (Å²) in [7, 11) is 0. The number of carboxylic acid groups (broad SMARTS) is 1. The Kier molecular flexibility index (Phi) is 9.36. The number of hydrogen-bond acceptors (Lipinski definition) is 10. The number of rotatable bonds is 10. The molecule has 0 aromatic carbocycles. The van der Waals surface area contributed by atoms with Crippen LogP contribution in [0.4, 0.5) is 0 Å². The average Bonchev–Trinajstić information content (AvgIpc) is 2.83. The van der Waals surface area contributed by atoms with Crippen LogP contribution in [0.15, 0.2) is 44.1 Å². The lowest BCUT2D eigenvalue weighted by atomic mass is 9.86. The fourth-order valence-corrected chi connectivity index (χ4v) is 5.85. The number of carbonyl (C=O) groups is 3. The minimum absolute atomic E-state index is 0.135. The number of pyridine rings is 1. The van der Waals surface area contributed by atoms with E-state index in [2.05, 4.69) is 33.1 Å². The monoisotopic (exact) mass is 553 g/mol. The van der Waals surface area contributed by atoms with E-state index in [-0.39, 0.29) is 10.9 Å². The molecule has 2 aliphatic heterocycles. The Bertz CT molecular complexity index is 1170. The van der Waals surface area contributed by atoms with Gasteiger partial charge >= 0.3 is 11.1 Å². The number of hydrogen-bond donors (Lipinski definition) is 6. The van der Waals surface area contributed by atoms with E-state index >= 15 is 0 Å². The second-order valence-corrected chi connectivity index (χ2v) is 10.3. The molecule has 192 valence electrons. The highest BCUT2D eigenvalue weighted by Crippen LogP contribution is 2.44. The van der Waals surface area contributed by atoms with Crippen LogP contribution in [-0.2, 0) is 32.8 Å². The third-order valence-corrected chi connectivity index (χ3v) is 7.68. The predicted octanol–water partition coefficient (Wildman–Crippen LogP) is -0.715. The average molecular weight is 554 g/mol. The quantitative estimate of drug-likeness (QED) is 0.0406. The second-order valence-electron chi connectivity index (χ2n) is 7.56. The molecule has 2 amide bonds. The van der Waals surface area contributed by atoms with Crippen LogP contribution in [0, 0.1) is 5.41 Å². The molecule has 1 aromatic rings. The predicted molar refractivity (Wildman–Crippen MR) is 140 cm³/mol. The van der Waals surface area contributed by atoms with Crippen LogP contribution in [0.5, 0.6) is 0 Å². The van der Waals surface area contributed by atoms with Gasteiger partial charge in [-0.25, -0.2) is 4.79 Å². The van der Waals surface area contributed by atoms with Gasteiger partial charge in [-0.3, -0.25) is 24.9 Å². The van der Waals surface area contributed by atoms with Crippen molar-refractivity contribution in [2.75, 3.05) is 12.3 Å². The first kappa shape index (κ1) is 27.5. The summed E-state index contributed by atoms with van der Waals surface area (Å²) in [6.07, 6.45) is 4.11. The summed E-state index contributed by atoms with van der Waals surface area (Å²) in [6, 6.07) is 0.152. The Labute approximate surface area is 219 Å². The zero-order valence-electron chi connectivity index (χ0n) is 18.8. The van der Waals surface area contributed by atoms with E-state index in [1.54, 1.807) is 30.2 Å². The van der Waals surface area contributed by atoms with Crippen molar-refractivity contribution < 1.29 is 24.7 Å². The molecule has 1 saturated heterocycles. The van der Waals surface area contributed by atoms with Crippen LogP contribution in [-0.4, -0.2) is 79.1 Å². The number of nitrogens with one attached hydrogen (secondary N) is 2. The summed E-state index contributed by atoms with van der Waals surface area (Å²) in [6.45, 7) is 0.544. The number of thioether (sulfide) groups is 2. The van der Waals surface area contributed by atoms with Gasteiger partial charge in [-0.05, 0) is 24.5 Å². The second kappa shape index (κ2) is 12.2. The number of nitrogens with two attached hydrogens (primary N) is 2. The number of aromatic nitrogens is 1. The van der Waals surface area contributed by atoms with E-state index in [1.165, 1.54) is 16.7 Å². The lowest BCUT2D eigenvalue weighted by Crippen LogP contribution is -2.72. The number of carboxylic acids is 1. The number of amides is 2. The molecule has 16 heteroatoms. The molecule has 2 atom stereocenters. The van der Waals surface area contributed by atoms with Gasteiger partial charge in [0, 0.05) is 52.9 Å². The van der Waals surface area contributed by atoms with Crippen LogP contribution in [0.2, 0.25) is 0 Å². The van der Waals surface area contributed by atoms with Gasteiger partial charge in [-0.2, -0.15) is 16.8 Å². The lowest BCUT2D eigenvalue weighted by molar-refractivity contribution is -0.155. The van der Waals surface area contributed by atoms with Crippen molar-refractivity contribution in [3.05, 3.63) is 34.6 Å². The van der Waals surface area contributed by atoms with Crippen molar-refractivity contribution in [1.82, 2.24) is 15.2 Å². The molecule has 1 aromatic heterocycles. The molecule has 0 saturated carbocycles. The number of allylic oxidation sites excluding steroid dienone is 1. The number of amidine groups is 2. The molecule has 0 unspecified atom stereocenters. The molecule has 36 heavy (non-hydrogen) atoms. The zero-order valence-corrected chi connectivity index (χ0v) is 21.4. The van der Waals surface area contributed by atoms with Crippen molar-refractivity contribution in [2.45, 2.75) is 35.6 Å². The summed E-state index contributed by atoms with van der Waals surface area (Å²) in [4.78, 5) is 47.7. The molecule has 1 fully saturated rings. The molecule has 0 spiro atoms. The highest BCUT2D eigenvalue weighted by molar-refractivity contribution is 8.03. The van der Waals surface area contributed by atoms with Crippen molar-refractivity contribution in [1.29, 1.82) is 5.41 Å². The Morgan fingerprint density at radius 1 is 1.42 bits per heavy atom. The maximum Gasteiger partial charge on any atom is 0.353 e. The largest absolute Gasteiger partial charge is 0.477 e. The van der Waals surface area contributed by atoms with Crippen LogP contribution >= 0.6 is 23.5 Å². The molecule has 8 N–H and O–H groups in total. The summed E-state index contributed by atoms with van der Waals surface area (Å²) in [5.41, 5.74) is 10.9. The minimum Gasteiger partial charge on any atom is -0.477 e. The Morgan fingerprint density at radius 2 is 2.17 bits per heavy atom. The van der Waals surface area contributed by atoms with E-state index in [1.807, 2.05) is 0 Å². The maximum atomic E-state index is 12.9. The first-order chi connectivity index (χ1) is 17.2. The van der Waals surface area contributed by atoms with Crippen LogP contribution in [0.3, 0.4) is 0 Å². The summed E-state index contributed by atoms with van der Waals surface area (Å²) >= 11 is 5.78. The highest BCUT2D eigenvalue weighted by atomic mass is 32.2. The Morgan fingerprint density at radius 3 is 2.81 bits per heavy atom. The molecule has 3 heterocycles. The van der Waals surface area contributed by atoms with Gasteiger partial charge in [-0.1, -0.05) is 16.9 Å².